The van der Waals surface area contributed by atoms with E-state index in [1.165, 1.54) is 29.9 Å². The smallest absolute Gasteiger partial charge is 0.410 e. The van der Waals surface area contributed by atoms with E-state index < -0.39 is 17.0 Å². The number of hydrogen-bond acceptors (Lipinski definition) is 6. The Morgan fingerprint density at radius 2 is 2.00 bits per heavy atom. The van der Waals surface area contributed by atoms with Gasteiger partial charge in [0.2, 0.25) is 0 Å². The summed E-state index contributed by atoms with van der Waals surface area (Å²) in [5.41, 5.74) is -0.0564. The SMILES string of the molecule is COc1ccc(-n2c(C3CC4CCC3N4C(=O)OC(C)(C)C)nc3c(Br)cc(C#N)cc3c2=O)cc1F. The summed E-state index contributed by atoms with van der Waals surface area (Å²) < 4.78 is 27.4. The second kappa shape index (κ2) is 9.14. The molecular formula is C27H26BrFN4O4. The lowest BCUT2D eigenvalue weighted by Gasteiger charge is -2.29. The number of carbonyl (C=O) groups is 1. The molecule has 2 saturated heterocycles. The Morgan fingerprint density at radius 3 is 2.65 bits per heavy atom. The van der Waals surface area contributed by atoms with Crippen molar-refractivity contribution in [3.05, 3.63) is 62.4 Å². The molecule has 3 heterocycles. The first-order valence-electron chi connectivity index (χ1n) is 12.0. The van der Waals surface area contributed by atoms with E-state index in [0.29, 0.717) is 27.8 Å². The highest BCUT2D eigenvalue weighted by molar-refractivity contribution is 9.10. The van der Waals surface area contributed by atoms with Gasteiger partial charge in [-0.2, -0.15) is 5.26 Å². The number of nitriles is 1. The number of ether oxygens (including phenoxy) is 2. The predicted molar refractivity (Wildman–Crippen MR) is 139 cm³/mol. The van der Waals surface area contributed by atoms with Crippen LogP contribution in [0.15, 0.2) is 39.6 Å². The van der Waals surface area contributed by atoms with Gasteiger partial charge in [0, 0.05) is 28.5 Å². The zero-order chi connectivity index (χ0) is 26.6. The number of methoxy groups -OCH3 is 1. The molecular weight excluding hydrogens is 543 g/mol. The van der Waals surface area contributed by atoms with Crippen LogP contribution in [0.25, 0.3) is 16.6 Å². The predicted octanol–water partition coefficient (Wildman–Crippen LogP) is 5.42. The van der Waals surface area contributed by atoms with Crippen LogP contribution in [0.2, 0.25) is 0 Å². The van der Waals surface area contributed by atoms with E-state index in [4.69, 9.17) is 14.5 Å². The van der Waals surface area contributed by atoms with Crippen molar-refractivity contribution < 1.29 is 18.7 Å². The van der Waals surface area contributed by atoms with Gasteiger partial charge >= 0.3 is 6.09 Å². The highest BCUT2D eigenvalue weighted by Crippen LogP contribution is 2.47. The van der Waals surface area contributed by atoms with Crippen molar-refractivity contribution in [2.75, 3.05) is 7.11 Å². The average Bonchev–Trinajstić information content (AvgIpc) is 3.42. The van der Waals surface area contributed by atoms with Crippen LogP contribution < -0.4 is 10.3 Å². The standard InChI is InChI=1S/C27H26BrFN4O4/c1-27(2,3)37-26(35)32-15-5-7-21(32)17(11-15)24-31-23-18(9-14(13-30)10-19(23)28)25(34)33(24)16-6-8-22(36-4)20(29)12-16/h6,8-10,12,15,17,21H,5,7,11H2,1-4H3. The molecule has 5 rings (SSSR count). The van der Waals surface area contributed by atoms with Crippen LogP contribution in [-0.2, 0) is 4.74 Å². The molecule has 10 heteroatoms. The first-order chi connectivity index (χ1) is 17.5. The monoisotopic (exact) mass is 568 g/mol. The number of benzene rings is 2. The van der Waals surface area contributed by atoms with Gasteiger partial charge in [-0.3, -0.25) is 9.36 Å². The molecule has 3 atom stereocenters. The number of amides is 1. The fraction of sp³-hybridized carbons (Fsp3) is 0.407. The summed E-state index contributed by atoms with van der Waals surface area (Å²) in [5.74, 6) is -0.393. The van der Waals surface area contributed by atoms with Crippen molar-refractivity contribution in [1.29, 1.82) is 5.26 Å². The molecule has 192 valence electrons. The molecule has 0 aliphatic carbocycles. The lowest BCUT2D eigenvalue weighted by atomic mass is 9.88. The largest absolute Gasteiger partial charge is 0.494 e. The number of hydrogen-bond donors (Lipinski definition) is 0. The second-order valence-corrected chi connectivity index (χ2v) is 11.3. The Kier molecular flexibility index (Phi) is 6.23. The number of aromatic nitrogens is 2. The van der Waals surface area contributed by atoms with E-state index >= 15 is 0 Å². The minimum Gasteiger partial charge on any atom is -0.494 e. The molecule has 1 aromatic heterocycles. The van der Waals surface area contributed by atoms with Crippen LogP contribution in [0, 0.1) is 17.1 Å². The lowest BCUT2D eigenvalue weighted by molar-refractivity contribution is 0.0212. The van der Waals surface area contributed by atoms with Gasteiger partial charge in [0.15, 0.2) is 11.6 Å². The van der Waals surface area contributed by atoms with Crippen LogP contribution in [0.3, 0.4) is 0 Å². The molecule has 0 N–H and O–H groups in total. The zero-order valence-electron chi connectivity index (χ0n) is 20.9. The van der Waals surface area contributed by atoms with Gasteiger partial charge in [0.25, 0.3) is 5.56 Å². The van der Waals surface area contributed by atoms with Crippen molar-refractivity contribution >= 4 is 32.9 Å². The fourth-order valence-corrected chi connectivity index (χ4v) is 6.04. The van der Waals surface area contributed by atoms with Gasteiger partial charge in [0.1, 0.15) is 11.4 Å². The van der Waals surface area contributed by atoms with Crippen LogP contribution in [0.5, 0.6) is 5.75 Å². The van der Waals surface area contributed by atoms with Gasteiger partial charge < -0.3 is 14.4 Å². The van der Waals surface area contributed by atoms with Gasteiger partial charge in [0.05, 0.1) is 35.3 Å². The summed E-state index contributed by atoms with van der Waals surface area (Å²) in [5, 5.41) is 9.67. The number of fused-ring (bicyclic) bond motifs is 3. The normalized spacial score (nSPS) is 20.8. The third-order valence-electron chi connectivity index (χ3n) is 6.95. The summed E-state index contributed by atoms with van der Waals surface area (Å²) in [6.45, 7) is 5.48. The van der Waals surface area contributed by atoms with Gasteiger partial charge in [-0.25, -0.2) is 14.2 Å². The van der Waals surface area contributed by atoms with E-state index in [-0.39, 0.29) is 40.9 Å². The summed E-state index contributed by atoms with van der Waals surface area (Å²) in [4.78, 5) is 33.7. The molecule has 2 aliphatic heterocycles. The molecule has 2 fully saturated rings. The molecule has 37 heavy (non-hydrogen) atoms. The van der Waals surface area contributed by atoms with E-state index in [2.05, 4.69) is 22.0 Å². The fourth-order valence-electron chi connectivity index (χ4n) is 5.49. The molecule has 3 aromatic rings. The van der Waals surface area contributed by atoms with Crippen LogP contribution in [0.1, 0.15) is 57.3 Å². The van der Waals surface area contributed by atoms with Gasteiger partial charge in [-0.05, 0) is 80.2 Å². The highest BCUT2D eigenvalue weighted by Gasteiger charge is 2.51. The van der Waals surface area contributed by atoms with Crippen LogP contribution >= 0.6 is 15.9 Å². The topological polar surface area (TPSA) is 97.4 Å². The molecule has 2 aromatic carbocycles. The first kappa shape index (κ1) is 25.2. The Morgan fingerprint density at radius 1 is 1.24 bits per heavy atom. The summed E-state index contributed by atoms with van der Waals surface area (Å²) in [6.07, 6.45) is 1.81. The third kappa shape index (κ3) is 4.35. The van der Waals surface area contributed by atoms with E-state index in [9.17, 15) is 19.2 Å². The summed E-state index contributed by atoms with van der Waals surface area (Å²) in [7, 11) is 1.37. The molecule has 8 nitrogen and oxygen atoms in total. The lowest BCUT2D eigenvalue weighted by Crippen LogP contribution is -2.40. The summed E-state index contributed by atoms with van der Waals surface area (Å²) in [6, 6.07) is 9.21. The Hall–Kier alpha value is -3.45. The van der Waals surface area contributed by atoms with Crippen molar-refractivity contribution in [2.45, 2.75) is 63.6 Å². The molecule has 1 amide bonds. The average molecular weight is 569 g/mol. The Labute approximate surface area is 221 Å². The van der Waals surface area contributed by atoms with Crippen LogP contribution in [0.4, 0.5) is 9.18 Å². The van der Waals surface area contributed by atoms with Crippen molar-refractivity contribution in [2.24, 2.45) is 0 Å². The van der Waals surface area contributed by atoms with Crippen LogP contribution in [-0.4, -0.2) is 45.3 Å². The quantitative estimate of drug-likeness (QED) is 0.418. The zero-order valence-corrected chi connectivity index (χ0v) is 22.5. The van der Waals surface area contributed by atoms with Gasteiger partial charge in [-0.1, -0.05) is 0 Å². The highest BCUT2D eigenvalue weighted by atomic mass is 79.9. The molecule has 0 saturated carbocycles. The Bertz CT molecular complexity index is 1520. The Balaban J connectivity index is 1.70. The number of rotatable bonds is 3. The third-order valence-corrected chi connectivity index (χ3v) is 7.55. The van der Waals surface area contributed by atoms with Crippen molar-refractivity contribution in [1.82, 2.24) is 14.5 Å². The number of halogens is 2. The minimum absolute atomic E-state index is 0.0390. The number of nitrogens with zero attached hydrogens (tertiary/aromatic N) is 4. The number of carbonyl (C=O) groups excluding carboxylic acids is 1. The maximum absolute atomic E-state index is 14.8. The minimum atomic E-state index is -0.637. The van der Waals surface area contributed by atoms with Crippen molar-refractivity contribution in [3.63, 3.8) is 0 Å². The van der Waals surface area contributed by atoms with E-state index in [1.54, 1.807) is 17.0 Å². The molecule has 0 spiro atoms. The maximum atomic E-state index is 14.8. The molecule has 2 aliphatic rings. The summed E-state index contributed by atoms with van der Waals surface area (Å²) >= 11 is 3.46. The molecule has 2 bridgehead atoms. The van der Waals surface area contributed by atoms with E-state index in [0.717, 1.165) is 12.8 Å². The molecule has 3 unspecified atom stereocenters. The maximum Gasteiger partial charge on any atom is 0.410 e. The van der Waals surface area contributed by atoms with Gasteiger partial charge in [-0.15, -0.1) is 0 Å². The molecule has 0 radical (unpaired) electrons. The first-order valence-corrected chi connectivity index (χ1v) is 12.8. The second-order valence-electron chi connectivity index (χ2n) is 10.4. The van der Waals surface area contributed by atoms with E-state index in [1.807, 2.05) is 20.8 Å². The van der Waals surface area contributed by atoms with Crippen molar-refractivity contribution in [3.8, 4) is 17.5 Å².